The lowest BCUT2D eigenvalue weighted by Gasteiger charge is -2.24. The molecule has 0 aromatic rings. The van der Waals surface area contributed by atoms with Gasteiger partial charge in [-0.2, -0.15) is 18.4 Å². The van der Waals surface area contributed by atoms with E-state index in [2.05, 4.69) is 16.1 Å². The molecule has 17 heavy (non-hydrogen) atoms. The summed E-state index contributed by atoms with van der Waals surface area (Å²) in [5, 5.41) is 11.9. The third-order valence-corrected chi connectivity index (χ3v) is 2.87. The quantitative estimate of drug-likeness (QED) is 0.708. The van der Waals surface area contributed by atoms with Crippen molar-refractivity contribution in [3.8, 4) is 6.07 Å². The molecule has 100 valence electrons. The van der Waals surface area contributed by atoms with Crippen molar-refractivity contribution in [2.75, 3.05) is 13.7 Å². The minimum Gasteiger partial charge on any atom is -0.369 e. The molecule has 0 saturated carbocycles. The van der Waals surface area contributed by atoms with Gasteiger partial charge in [-0.1, -0.05) is 6.92 Å². The van der Waals surface area contributed by atoms with Gasteiger partial charge in [-0.15, -0.1) is 0 Å². The molecule has 0 rings (SSSR count). The lowest BCUT2D eigenvalue weighted by molar-refractivity contribution is -0.214. The fraction of sp³-hybridized carbons (Fsp3) is 0.909. The van der Waals surface area contributed by atoms with E-state index in [1.807, 2.05) is 6.92 Å². The number of hydrogen-bond donors (Lipinski definition) is 1. The number of nitrogens with zero attached hydrogens (tertiary/aromatic N) is 1. The monoisotopic (exact) mass is 252 g/mol. The highest BCUT2D eigenvalue weighted by molar-refractivity contribution is 5.05. The lowest BCUT2D eigenvalue weighted by Crippen LogP contribution is -2.41. The van der Waals surface area contributed by atoms with Crippen LogP contribution in [0.2, 0.25) is 0 Å². The van der Waals surface area contributed by atoms with Crippen molar-refractivity contribution < 1.29 is 17.9 Å². The molecule has 2 atom stereocenters. The summed E-state index contributed by atoms with van der Waals surface area (Å²) >= 11 is 0. The van der Waals surface area contributed by atoms with Gasteiger partial charge in [0, 0.05) is 6.61 Å². The molecular weight excluding hydrogens is 233 g/mol. The number of hydrogen-bond acceptors (Lipinski definition) is 3. The molecule has 3 nitrogen and oxygen atoms in total. The summed E-state index contributed by atoms with van der Waals surface area (Å²) < 4.78 is 41.0. The summed E-state index contributed by atoms with van der Waals surface area (Å²) in [6, 6.07) is 2.14. The van der Waals surface area contributed by atoms with E-state index in [-0.39, 0.29) is 6.61 Å². The standard InChI is InChI=1S/C11H19F3N2O/c1-4-10(8-15,16-3)6-5-7-17-9(2)11(12,13)14/h9,16H,4-7H2,1-3H3. The molecule has 0 aromatic heterocycles. The highest BCUT2D eigenvalue weighted by atomic mass is 19.4. The summed E-state index contributed by atoms with van der Waals surface area (Å²) in [6.45, 7) is 2.85. The molecule has 0 amide bonds. The van der Waals surface area contributed by atoms with Crippen molar-refractivity contribution in [1.82, 2.24) is 5.32 Å². The minimum atomic E-state index is -4.32. The highest BCUT2D eigenvalue weighted by Crippen LogP contribution is 2.23. The van der Waals surface area contributed by atoms with Crippen LogP contribution in [0.4, 0.5) is 13.2 Å². The van der Waals surface area contributed by atoms with Gasteiger partial charge in [-0.3, -0.25) is 0 Å². The van der Waals surface area contributed by atoms with Crippen LogP contribution in [-0.2, 0) is 4.74 Å². The van der Waals surface area contributed by atoms with E-state index >= 15 is 0 Å². The molecular formula is C11H19F3N2O. The van der Waals surface area contributed by atoms with Gasteiger partial charge in [0.25, 0.3) is 0 Å². The molecule has 0 fully saturated rings. The zero-order chi connectivity index (χ0) is 13.5. The smallest absolute Gasteiger partial charge is 0.369 e. The fourth-order valence-corrected chi connectivity index (χ4v) is 1.40. The molecule has 1 N–H and O–H groups in total. The van der Waals surface area contributed by atoms with Crippen molar-refractivity contribution in [2.45, 2.75) is 50.9 Å². The molecule has 0 saturated heterocycles. The van der Waals surface area contributed by atoms with E-state index in [0.29, 0.717) is 19.3 Å². The van der Waals surface area contributed by atoms with Crippen LogP contribution >= 0.6 is 0 Å². The molecule has 0 radical (unpaired) electrons. The Hall–Kier alpha value is -0.800. The number of ether oxygens (including phenoxy) is 1. The van der Waals surface area contributed by atoms with Gasteiger partial charge >= 0.3 is 6.18 Å². The van der Waals surface area contributed by atoms with Gasteiger partial charge < -0.3 is 10.1 Å². The van der Waals surface area contributed by atoms with Crippen molar-refractivity contribution >= 4 is 0 Å². The molecule has 0 aromatic carbocycles. The summed E-state index contributed by atoms with van der Waals surface area (Å²) in [6.07, 6.45) is -4.58. The molecule has 0 aliphatic rings. The predicted octanol–water partition coefficient (Wildman–Crippen LogP) is 2.63. The average Bonchev–Trinajstić information content (AvgIpc) is 2.29. The predicted molar refractivity (Wildman–Crippen MR) is 58.4 cm³/mol. The topological polar surface area (TPSA) is 45.0 Å². The maximum Gasteiger partial charge on any atom is 0.414 e. The maximum absolute atomic E-state index is 12.1. The second kappa shape index (κ2) is 6.82. The van der Waals surface area contributed by atoms with Crippen molar-refractivity contribution in [2.24, 2.45) is 0 Å². The van der Waals surface area contributed by atoms with Crippen molar-refractivity contribution in [1.29, 1.82) is 5.26 Å². The third-order valence-electron chi connectivity index (χ3n) is 2.87. The minimum absolute atomic E-state index is 0.00574. The number of alkyl halides is 3. The molecule has 0 heterocycles. The van der Waals surface area contributed by atoms with E-state index in [0.717, 1.165) is 6.92 Å². The van der Waals surface area contributed by atoms with E-state index < -0.39 is 17.8 Å². The first-order valence-corrected chi connectivity index (χ1v) is 5.60. The number of halogens is 3. The van der Waals surface area contributed by atoms with Crippen LogP contribution in [0.25, 0.3) is 0 Å². The lowest BCUT2D eigenvalue weighted by atomic mass is 9.92. The van der Waals surface area contributed by atoms with Crippen LogP contribution in [0.15, 0.2) is 0 Å². The fourth-order valence-electron chi connectivity index (χ4n) is 1.40. The normalized spacial score (nSPS) is 17.2. The first kappa shape index (κ1) is 16.2. The van der Waals surface area contributed by atoms with E-state index in [1.165, 1.54) is 0 Å². The molecule has 0 spiro atoms. The SMILES string of the molecule is CCC(C#N)(CCCOC(C)C(F)(F)F)NC. The highest BCUT2D eigenvalue weighted by Gasteiger charge is 2.36. The Morgan fingerprint density at radius 1 is 1.41 bits per heavy atom. The molecule has 2 unspecified atom stereocenters. The zero-order valence-electron chi connectivity index (χ0n) is 10.4. The van der Waals surface area contributed by atoms with Gasteiger partial charge in [-0.05, 0) is 33.2 Å². The molecule has 0 aliphatic heterocycles. The van der Waals surface area contributed by atoms with Crippen LogP contribution < -0.4 is 5.32 Å². The van der Waals surface area contributed by atoms with E-state index in [1.54, 1.807) is 7.05 Å². The van der Waals surface area contributed by atoms with E-state index in [9.17, 15) is 13.2 Å². The summed E-state index contributed by atoms with van der Waals surface area (Å²) in [4.78, 5) is 0. The van der Waals surface area contributed by atoms with Gasteiger partial charge in [0.2, 0.25) is 0 Å². The largest absolute Gasteiger partial charge is 0.414 e. The average molecular weight is 252 g/mol. The Labute approximate surface area is 99.9 Å². The van der Waals surface area contributed by atoms with Crippen molar-refractivity contribution in [3.63, 3.8) is 0 Å². The first-order chi connectivity index (χ1) is 7.81. The van der Waals surface area contributed by atoms with E-state index in [4.69, 9.17) is 5.26 Å². The van der Waals surface area contributed by atoms with Gasteiger partial charge in [0.1, 0.15) is 5.54 Å². The number of nitrogens with one attached hydrogen (secondary N) is 1. The zero-order valence-corrected chi connectivity index (χ0v) is 10.4. The summed E-state index contributed by atoms with van der Waals surface area (Å²) in [7, 11) is 1.67. The number of nitriles is 1. The summed E-state index contributed by atoms with van der Waals surface area (Å²) in [5.41, 5.74) is -0.662. The Bertz CT molecular complexity index is 256. The van der Waals surface area contributed by atoms with Gasteiger partial charge in [0.15, 0.2) is 6.10 Å². The Balaban J connectivity index is 3.97. The van der Waals surface area contributed by atoms with Crippen LogP contribution in [0.5, 0.6) is 0 Å². The van der Waals surface area contributed by atoms with Gasteiger partial charge in [-0.25, -0.2) is 0 Å². The van der Waals surface area contributed by atoms with Crippen LogP contribution in [0.3, 0.4) is 0 Å². The first-order valence-electron chi connectivity index (χ1n) is 5.60. The third kappa shape index (κ3) is 5.37. The van der Waals surface area contributed by atoms with Crippen LogP contribution in [-0.4, -0.2) is 31.5 Å². The summed E-state index contributed by atoms with van der Waals surface area (Å²) in [5.74, 6) is 0. The Morgan fingerprint density at radius 2 is 2.00 bits per heavy atom. The van der Waals surface area contributed by atoms with Crippen LogP contribution in [0, 0.1) is 11.3 Å². The second-order valence-corrected chi connectivity index (χ2v) is 3.96. The van der Waals surface area contributed by atoms with Crippen LogP contribution in [0.1, 0.15) is 33.1 Å². The van der Waals surface area contributed by atoms with Crippen molar-refractivity contribution in [3.05, 3.63) is 0 Å². The maximum atomic E-state index is 12.1. The Kier molecular flexibility index (Phi) is 6.50. The van der Waals surface area contributed by atoms with Gasteiger partial charge in [0.05, 0.1) is 6.07 Å². The molecule has 6 heteroatoms. The second-order valence-electron chi connectivity index (χ2n) is 3.96. The molecule has 0 bridgehead atoms. The number of rotatable bonds is 7. The Morgan fingerprint density at radius 3 is 2.35 bits per heavy atom. The molecule has 0 aliphatic carbocycles.